The van der Waals surface area contributed by atoms with E-state index in [-0.39, 0.29) is 6.42 Å². The summed E-state index contributed by atoms with van der Waals surface area (Å²) in [6.07, 6.45) is -11.6. The van der Waals surface area contributed by atoms with Crippen molar-refractivity contribution in [2.24, 2.45) is 5.41 Å². The maximum Gasteiger partial charge on any atom is 0.217 e. The first-order valence-corrected chi connectivity index (χ1v) is 9.52. The molecule has 0 spiro atoms. The molecule has 0 aromatic heterocycles. The molecule has 172 valence electrons. The smallest absolute Gasteiger partial charge is 0.217 e. The largest absolute Gasteiger partial charge is 0.394 e. The molecule has 1 aliphatic rings. The molecule has 11 heteroatoms. The van der Waals surface area contributed by atoms with E-state index in [9.17, 15) is 35.4 Å². The predicted molar refractivity (Wildman–Crippen MR) is 99.4 cm³/mol. The van der Waals surface area contributed by atoms with E-state index in [4.69, 9.17) is 14.6 Å². The second kappa shape index (κ2) is 10.9. The molecule has 1 heterocycles. The molecule has 0 saturated carbocycles. The van der Waals surface area contributed by atoms with Gasteiger partial charge in [0.25, 0.3) is 0 Å². The van der Waals surface area contributed by atoms with Crippen LogP contribution in [0.2, 0.25) is 0 Å². The van der Waals surface area contributed by atoms with Crippen LogP contribution in [-0.4, -0.2) is 110 Å². The summed E-state index contributed by atoms with van der Waals surface area (Å²) in [4.78, 5) is 11.5. The average Bonchev–Trinajstić information content (AvgIpc) is 2.63. The minimum atomic E-state index is -1.74. The Morgan fingerprint density at radius 1 is 1.10 bits per heavy atom. The highest BCUT2D eigenvalue weighted by atomic mass is 16.7. The zero-order valence-corrected chi connectivity index (χ0v) is 17.2. The van der Waals surface area contributed by atoms with E-state index in [1.807, 2.05) is 20.8 Å². The van der Waals surface area contributed by atoms with E-state index < -0.39 is 79.6 Å². The molecule has 1 fully saturated rings. The molecule has 0 radical (unpaired) electrons. The van der Waals surface area contributed by atoms with Crippen LogP contribution in [0, 0.1) is 5.41 Å². The minimum absolute atomic E-state index is 0.165. The van der Waals surface area contributed by atoms with Crippen molar-refractivity contribution in [3.05, 3.63) is 0 Å². The molecule has 8 N–H and O–H groups in total. The molecule has 0 bridgehead atoms. The highest BCUT2D eigenvalue weighted by Gasteiger charge is 2.47. The van der Waals surface area contributed by atoms with E-state index in [1.54, 1.807) is 0 Å². The number of hydrogen-bond acceptors (Lipinski definition) is 10. The number of amides is 1. The molecular formula is C18H35NO10. The summed E-state index contributed by atoms with van der Waals surface area (Å²) < 4.78 is 11.3. The molecule has 1 amide bonds. The summed E-state index contributed by atoms with van der Waals surface area (Å²) >= 11 is 0. The van der Waals surface area contributed by atoms with Crippen LogP contribution >= 0.6 is 0 Å². The Morgan fingerprint density at radius 2 is 1.69 bits per heavy atom. The Morgan fingerprint density at radius 3 is 2.14 bits per heavy atom. The second-order valence-electron chi connectivity index (χ2n) is 8.60. The van der Waals surface area contributed by atoms with Gasteiger partial charge in [0.05, 0.1) is 19.3 Å². The van der Waals surface area contributed by atoms with Gasteiger partial charge in [-0.2, -0.15) is 0 Å². The van der Waals surface area contributed by atoms with Gasteiger partial charge in [-0.1, -0.05) is 20.8 Å². The molecular weight excluding hydrogens is 390 g/mol. The summed E-state index contributed by atoms with van der Waals surface area (Å²) in [6, 6.07) is -1.22. The van der Waals surface area contributed by atoms with Crippen molar-refractivity contribution in [2.45, 2.75) is 89.2 Å². The first-order valence-electron chi connectivity index (χ1n) is 9.52. The normalized spacial score (nSPS) is 32.3. The van der Waals surface area contributed by atoms with Crippen LogP contribution in [0.15, 0.2) is 0 Å². The molecule has 1 rings (SSSR count). The molecule has 1 aliphatic heterocycles. The van der Waals surface area contributed by atoms with Crippen molar-refractivity contribution in [3.8, 4) is 0 Å². The number of aliphatic hydroxyl groups is 7. The summed E-state index contributed by atoms with van der Waals surface area (Å²) in [7, 11) is 0. The van der Waals surface area contributed by atoms with Gasteiger partial charge >= 0.3 is 0 Å². The van der Waals surface area contributed by atoms with Crippen molar-refractivity contribution in [1.82, 2.24) is 5.32 Å². The number of rotatable bonds is 9. The van der Waals surface area contributed by atoms with E-state index in [0.29, 0.717) is 0 Å². The van der Waals surface area contributed by atoms with Gasteiger partial charge in [-0.15, -0.1) is 0 Å². The fourth-order valence-electron chi connectivity index (χ4n) is 3.17. The summed E-state index contributed by atoms with van der Waals surface area (Å²) in [5.41, 5.74) is -0.414. The Bertz CT molecular complexity index is 513. The van der Waals surface area contributed by atoms with E-state index >= 15 is 0 Å². The van der Waals surface area contributed by atoms with Crippen molar-refractivity contribution in [2.75, 3.05) is 13.2 Å². The van der Waals surface area contributed by atoms with Crippen molar-refractivity contribution in [1.29, 1.82) is 0 Å². The molecule has 1 saturated heterocycles. The summed E-state index contributed by atoms with van der Waals surface area (Å²) in [5, 5.41) is 71.6. The highest BCUT2D eigenvalue weighted by Crippen LogP contribution is 2.30. The quantitative estimate of drug-likeness (QED) is 0.187. The maximum atomic E-state index is 11.5. The van der Waals surface area contributed by atoms with E-state index in [2.05, 4.69) is 5.32 Å². The van der Waals surface area contributed by atoms with Crippen LogP contribution in [0.3, 0.4) is 0 Å². The van der Waals surface area contributed by atoms with Crippen molar-refractivity contribution in [3.63, 3.8) is 0 Å². The van der Waals surface area contributed by atoms with Crippen LogP contribution in [0.25, 0.3) is 0 Å². The van der Waals surface area contributed by atoms with Crippen LogP contribution in [0.5, 0.6) is 0 Å². The monoisotopic (exact) mass is 425 g/mol. The zero-order chi connectivity index (χ0) is 22.5. The lowest BCUT2D eigenvalue weighted by Crippen LogP contribution is -2.65. The topological polar surface area (TPSA) is 189 Å². The van der Waals surface area contributed by atoms with E-state index in [0.717, 1.165) is 0 Å². The van der Waals surface area contributed by atoms with Crippen LogP contribution < -0.4 is 5.32 Å². The first kappa shape index (κ1) is 26.1. The molecule has 11 nitrogen and oxygen atoms in total. The zero-order valence-electron chi connectivity index (χ0n) is 17.2. The molecule has 0 aliphatic carbocycles. The Hall–Kier alpha value is -0.890. The third-order valence-corrected chi connectivity index (χ3v) is 4.69. The van der Waals surface area contributed by atoms with Gasteiger partial charge in [0.1, 0.15) is 42.7 Å². The van der Waals surface area contributed by atoms with Gasteiger partial charge < -0.3 is 50.5 Å². The molecule has 0 aromatic carbocycles. The van der Waals surface area contributed by atoms with Crippen molar-refractivity contribution >= 4 is 5.91 Å². The lowest BCUT2D eigenvalue weighted by Gasteiger charge is -2.44. The van der Waals surface area contributed by atoms with Crippen molar-refractivity contribution < 1.29 is 50.0 Å². The molecule has 29 heavy (non-hydrogen) atoms. The van der Waals surface area contributed by atoms with Gasteiger partial charge in [0, 0.05) is 6.92 Å². The van der Waals surface area contributed by atoms with Gasteiger partial charge in [0.2, 0.25) is 5.91 Å². The molecule has 0 aromatic rings. The SMILES string of the molecule is CC(=O)N[C@H]1[C@H](O[C@H](CC(C)(C)C)[C@@H](O)[C@H](O)[C@H](O)CO)O[C@H](CO)[C@@H](O)[C@@H]1O. The Labute approximate surface area is 169 Å². The average molecular weight is 425 g/mol. The number of nitrogens with one attached hydrogen (secondary N) is 1. The number of carbonyl (C=O) groups is 1. The molecule has 9 atom stereocenters. The first-order chi connectivity index (χ1) is 13.3. The van der Waals surface area contributed by atoms with Gasteiger partial charge in [0.15, 0.2) is 6.29 Å². The van der Waals surface area contributed by atoms with Crippen LogP contribution in [0.1, 0.15) is 34.1 Å². The third-order valence-electron chi connectivity index (χ3n) is 4.69. The highest BCUT2D eigenvalue weighted by molar-refractivity contribution is 5.73. The molecule has 0 unspecified atom stereocenters. The van der Waals surface area contributed by atoms with Gasteiger partial charge in [-0.25, -0.2) is 0 Å². The number of ether oxygens (including phenoxy) is 2. The maximum absolute atomic E-state index is 11.5. The standard InChI is InChI=1S/C18H35NO10/c1-8(22)19-12-16(27)15(26)11(7-21)29-17(12)28-10(5-18(2,3)4)14(25)13(24)9(23)6-20/h9-17,20-21,23-27H,5-7H2,1-4H3,(H,19,22)/t9-,10-,11-,12-,13-,14-,15-,16-,17-/m1/s1. The lowest BCUT2D eigenvalue weighted by molar-refractivity contribution is -0.296. The van der Waals surface area contributed by atoms with E-state index in [1.165, 1.54) is 6.92 Å². The van der Waals surface area contributed by atoms with Crippen LogP contribution in [0.4, 0.5) is 0 Å². The van der Waals surface area contributed by atoms with Crippen LogP contribution in [-0.2, 0) is 14.3 Å². The summed E-state index contributed by atoms with van der Waals surface area (Å²) in [6.45, 7) is 5.29. The minimum Gasteiger partial charge on any atom is -0.394 e. The Balaban J connectivity index is 3.14. The number of aliphatic hydroxyl groups excluding tert-OH is 7. The Kier molecular flexibility index (Phi) is 9.86. The van der Waals surface area contributed by atoms with Gasteiger partial charge in [-0.3, -0.25) is 4.79 Å². The predicted octanol–water partition coefficient (Wildman–Crippen LogP) is -3.17. The number of carbonyl (C=O) groups excluding carboxylic acids is 1. The van der Waals surface area contributed by atoms with Gasteiger partial charge in [-0.05, 0) is 11.8 Å². The second-order valence-corrected chi connectivity index (χ2v) is 8.60. The fraction of sp³-hybridized carbons (Fsp3) is 0.944. The lowest BCUT2D eigenvalue weighted by atomic mass is 9.85. The number of hydrogen-bond donors (Lipinski definition) is 8. The fourth-order valence-corrected chi connectivity index (χ4v) is 3.17. The third kappa shape index (κ3) is 7.39. The summed E-state index contributed by atoms with van der Waals surface area (Å²) in [5.74, 6) is -0.537.